The van der Waals surface area contributed by atoms with Crippen LogP contribution in [0, 0.1) is 12.8 Å². The van der Waals surface area contributed by atoms with E-state index in [0.717, 1.165) is 41.5 Å². The van der Waals surface area contributed by atoms with E-state index in [4.69, 9.17) is 4.74 Å². The van der Waals surface area contributed by atoms with Gasteiger partial charge in [-0.2, -0.15) is 0 Å². The van der Waals surface area contributed by atoms with Crippen molar-refractivity contribution in [2.24, 2.45) is 5.92 Å². The van der Waals surface area contributed by atoms with Gasteiger partial charge in [-0.3, -0.25) is 9.88 Å². The number of nitrogens with zero attached hydrogens (tertiary/aromatic N) is 2. The first-order chi connectivity index (χ1) is 8.63. The molecular weight excluding hydrogens is 292 g/mol. The van der Waals surface area contributed by atoms with Crippen LogP contribution in [0.5, 0.6) is 5.75 Å². The third kappa shape index (κ3) is 3.04. The van der Waals surface area contributed by atoms with E-state index in [-0.39, 0.29) is 0 Å². The van der Waals surface area contributed by atoms with E-state index in [1.165, 1.54) is 6.42 Å². The topological polar surface area (TPSA) is 25.4 Å². The highest BCUT2D eigenvalue weighted by atomic mass is 79.9. The zero-order valence-electron chi connectivity index (χ0n) is 11.3. The molecule has 1 aromatic rings. The monoisotopic (exact) mass is 312 g/mol. The summed E-state index contributed by atoms with van der Waals surface area (Å²) in [5, 5.41) is 1.04. The molecule has 1 fully saturated rings. The second-order valence-corrected chi connectivity index (χ2v) is 5.75. The van der Waals surface area contributed by atoms with Gasteiger partial charge in [0.2, 0.25) is 0 Å². The van der Waals surface area contributed by atoms with Crippen molar-refractivity contribution in [1.82, 2.24) is 9.88 Å². The largest absolute Gasteiger partial charge is 0.497 e. The van der Waals surface area contributed by atoms with Gasteiger partial charge in [0.05, 0.1) is 12.8 Å². The van der Waals surface area contributed by atoms with Crippen molar-refractivity contribution in [2.75, 3.05) is 19.0 Å². The lowest BCUT2D eigenvalue weighted by Gasteiger charge is -2.24. The SMILES string of the molecule is COc1cc(C)nc(CN2CCC(C)C2CBr)c1. The summed E-state index contributed by atoms with van der Waals surface area (Å²) in [4.78, 5) is 7.12. The van der Waals surface area contributed by atoms with Crippen LogP contribution < -0.4 is 4.74 Å². The van der Waals surface area contributed by atoms with Crippen molar-refractivity contribution in [2.45, 2.75) is 32.9 Å². The Morgan fingerprint density at radius 3 is 2.94 bits per heavy atom. The molecule has 2 rings (SSSR count). The molecule has 3 nitrogen and oxygen atoms in total. The smallest absolute Gasteiger partial charge is 0.122 e. The molecule has 0 spiro atoms. The summed E-state index contributed by atoms with van der Waals surface area (Å²) in [5.74, 6) is 1.66. The zero-order valence-corrected chi connectivity index (χ0v) is 12.9. The van der Waals surface area contributed by atoms with E-state index < -0.39 is 0 Å². The van der Waals surface area contributed by atoms with E-state index in [9.17, 15) is 0 Å². The molecular formula is C14H21BrN2O. The van der Waals surface area contributed by atoms with E-state index in [1.54, 1.807) is 7.11 Å². The molecule has 0 aromatic carbocycles. The molecule has 0 aliphatic carbocycles. The van der Waals surface area contributed by atoms with Gasteiger partial charge in [0.15, 0.2) is 0 Å². The Bertz CT molecular complexity index is 411. The lowest BCUT2D eigenvalue weighted by Crippen LogP contribution is -2.33. The van der Waals surface area contributed by atoms with E-state index in [1.807, 2.05) is 19.1 Å². The molecule has 0 bridgehead atoms. The molecule has 2 atom stereocenters. The average molecular weight is 313 g/mol. The molecule has 2 unspecified atom stereocenters. The number of hydrogen-bond acceptors (Lipinski definition) is 3. The Morgan fingerprint density at radius 2 is 2.28 bits per heavy atom. The molecule has 0 radical (unpaired) electrons. The van der Waals surface area contributed by atoms with Crippen molar-refractivity contribution in [3.05, 3.63) is 23.5 Å². The van der Waals surface area contributed by atoms with Crippen LogP contribution in [0.15, 0.2) is 12.1 Å². The van der Waals surface area contributed by atoms with Gasteiger partial charge in [0.25, 0.3) is 0 Å². The fraction of sp³-hybridized carbons (Fsp3) is 0.643. The highest BCUT2D eigenvalue weighted by Crippen LogP contribution is 2.27. The number of ether oxygens (including phenoxy) is 1. The minimum atomic E-state index is 0.623. The highest BCUT2D eigenvalue weighted by Gasteiger charge is 2.30. The predicted molar refractivity (Wildman–Crippen MR) is 77.3 cm³/mol. The van der Waals surface area contributed by atoms with Crippen molar-refractivity contribution >= 4 is 15.9 Å². The minimum Gasteiger partial charge on any atom is -0.497 e. The number of methoxy groups -OCH3 is 1. The molecule has 100 valence electrons. The molecule has 4 heteroatoms. The number of aryl methyl sites for hydroxylation is 1. The van der Waals surface area contributed by atoms with Crippen molar-refractivity contribution in [1.29, 1.82) is 0 Å². The van der Waals surface area contributed by atoms with Crippen LogP contribution in [0.4, 0.5) is 0 Å². The number of pyridine rings is 1. The van der Waals surface area contributed by atoms with Crippen molar-refractivity contribution < 1.29 is 4.74 Å². The van der Waals surface area contributed by atoms with Gasteiger partial charge >= 0.3 is 0 Å². The van der Waals surface area contributed by atoms with Crippen LogP contribution >= 0.6 is 15.9 Å². The quantitative estimate of drug-likeness (QED) is 0.799. The minimum absolute atomic E-state index is 0.623. The molecule has 1 aromatic heterocycles. The predicted octanol–water partition coefficient (Wildman–Crippen LogP) is 3.00. The summed E-state index contributed by atoms with van der Waals surface area (Å²) >= 11 is 3.63. The van der Waals surface area contributed by atoms with Gasteiger partial charge < -0.3 is 4.74 Å². The van der Waals surface area contributed by atoms with Crippen LogP contribution in [0.1, 0.15) is 24.7 Å². The average Bonchev–Trinajstić information content (AvgIpc) is 2.69. The Labute approximate surface area is 118 Å². The number of likely N-dealkylation sites (tertiary alicyclic amines) is 1. The van der Waals surface area contributed by atoms with Gasteiger partial charge in [0.1, 0.15) is 5.75 Å². The van der Waals surface area contributed by atoms with Gasteiger partial charge in [-0.05, 0) is 25.8 Å². The molecule has 2 heterocycles. The van der Waals surface area contributed by atoms with E-state index >= 15 is 0 Å². The van der Waals surface area contributed by atoms with Crippen LogP contribution in [0.2, 0.25) is 0 Å². The standard InChI is InChI=1S/C14H21BrN2O/c1-10-4-5-17(14(10)8-15)9-12-7-13(18-3)6-11(2)16-12/h6-7,10,14H,4-5,8-9H2,1-3H3. The molecule has 18 heavy (non-hydrogen) atoms. The molecule has 0 saturated carbocycles. The Morgan fingerprint density at radius 1 is 1.50 bits per heavy atom. The maximum atomic E-state index is 5.31. The Balaban J connectivity index is 2.11. The molecule has 1 aliphatic rings. The van der Waals surface area contributed by atoms with Gasteiger partial charge in [0, 0.05) is 35.7 Å². The Kier molecular flexibility index (Phi) is 4.62. The number of hydrogen-bond donors (Lipinski definition) is 0. The highest BCUT2D eigenvalue weighted by molar-refractivity contribution is 9.09. The maximum Gasteiger partial charge on any atom is 0.122 e. The van der Waals surface area contributed by atoms with Crippen LogP contribution in [-0.2, 0) is 6.54 Å². The van der Waals surface area contributed by atoms with Gasteiger partial charge in [-0.15, -0.1) is 0 Å². The van der Waals surface area contributed by atoms with Crippen LogP contribution in [0.25, 0.3) is 0 Å². The van der Waals surface area contributed by atoms with Gasteiger partial charge in [-0.25, -0.2) is 0 Å². The van der Waals surface area contributed by atoms with E-state index in [0.29, 0.717) is 6.04 Å². The summed E-state index contributed by atoms with van der Waals surface area (Å²) in [7, 11) is 1.71. The third-order valence-corrected chi connectivity index (χ3v) is 4.40. The summed E-state index contributed by atoms with van der Waals surface area (Å²) in [6.45, 7) is 6.42. The molecule has 1 saturated heterocycles. The first-order valence-corrected chi connectivity index (χ1v) is 7.57. The van der Waals surface area contributed by atoms with Gasteiger partial charge in [-0.1, -0.05) is 22.9 Å². The third-order valence-electron chi connectivity index (χ3n) is 3.74. The van der Waals surface area contributed by atoms with E-state index in [2.05, 4.69) is 32.7 Å². The molecule has 0 amide bonds. The Hall–Kier alpha value is -0.610. The second kappa shape index (κ2) is 6.02. The lowest BCUT2D eigenvalue weighted by atomic mass is 10.1. The molecule has 0 N–H and O–H groups in total. The fourth-order valence-electron chi connectivity index (χ4n) is 2.64. The lowest BCUT2D eigenvalue weighted by molar-refractivity contribution is 0.241. The maximum absolute atomic E-state index is 5.31. The number of alkyl halides is 1. The fourth-order valence-corrected chi connectivity index (χ4v) is 3.69. The van der Waals surface area contributed by atoms with Crippen molar-refractivity contribution in [3.8, 4) is 5.75 Å². The first kappa shape index (κ1) is 13.8. The normalized spacial score (nSPS) is 24.4. The summed E-state index contributed by atoms with van der Waals surface area (Å²) < 4.78 is 5.31. The summed E-state index contributed by atoms with van der Waals surface area (Å²) in [5.41, 5.74) is 2.12. The zero-order chi connectivity index (χ0) is 13.1. The van der Waals surface area contributed by atoms with Crippen molar-refractivity contribution in [3.63, 3.8) is 0 Å². The summed E-state index contributed by atoms with van der Waals surface area (Å²) in [6, 6.07) is 4.64. The second-order valence-electron chi connectivity index (χ2n) is 5.10. The molecule has 1 aliphatic heterocycles. The van der Waals surface area contributed by atoms with Crippen LogP contribution in [-0.4, -0.2) is 34.9 Å². The number of halogens is 1. The van der Waals surface area contributed by atoms with Crippen LogP contribution in [0.3, 0.4) is 0 Å². The number of aromatic nitrogens is 1. The number of rotatable bonds is 4. The first-order valence-electron chi connectivity index (χ1n) is 6.45. The summed E-state index contributed by atoms with van der Waals surface area (Å²) in [6.07, 6.45) is 1.28.